The van der Waals surface area contributed by atoms with Crippen molar-refractivity contribution in [3.8, 4) is 11.5 Å². The van der Waals surface area contributed by atoms with E-state index in [0.717, 1.165) is 5.75 Å². The Labute approximate surface area is 113 Å². The van der Waals surface area contributed by atoms with E-state index in [1.165, 1.54) is 7.11 Å². The fourth-order valence-electron chi connectivity index (χ4n) is 1.51. The molecule has 0 fully saturated rings. The van der Waals surface area contributed by atoms with E-state index in [4.69, 9.17) is 15.2 Å². The summed E-state index contributed by atoms with van der Waals surface area (Å²) in [6.45, 7) is 4.53. The number of rotatable bonds is 7. The monoisotopic (exact) mass is 267 g/mol. The van der Waals surface area contributed by atoms with Gasteiger partial charge in [0.05, 0.1) is 20.3 Å². The summed E-state index contributed by atoms with van der Waals surface area (Å²) in [7, 11) is 1.32. The number of hydrogen-bond acceptors (Lipinski definition) is 5. The molecule has 1 rings (SSSR count). The van der Waals surface area contributed by atoms with Crippen LogP contribution in [0.5, 0.6) is 11.5 Å². The van der Waals surface area contributed by atoms with Crippen LogP contribution in [-0.2, 0) is 9.53 Å². The van der Waals surface area contributed by atoms with Crippen molar-refractivity contribution >= 4 is 5.97 Å². The number of benzene rings is 1. The number of methoxy groups -OCH3 is 1. The minimum Gasteiger partial charge on any atom is -0.494 e. The molecule has 0 bridgehead atoms. The summed E-state index contributed by atoms with van der Waals surface area (Å²) < 4.78 is 15.5. The molecular formula is C14H21NO4. The number of nitrogens with two attached hydrogens (primary N) is 1. The highest BCUT2D eigenvalue weighted by Crippen LogP contribution is 2.18. The molecule has 5 nitrogen and oxygen atoms in total. The second-order valence-corrected chi connectivity index (χ2v) is 4.41. The normalized spacial score (nSPS) is 13.5. The molecule has 2 N–H and O–H groups in total. The second kappa shape index (κ2) is 6.99. The van der Waals surface area contributed by atoms with Gasteiger partial charge in [0.25, 0.3) is 0 Å². The Morgan fingerprint density at radius 1 is 1.21 bits per heavy atom. The SMILES string of the molecule is CCOc1ccc(OCCC(C)(N)C(=O)OC)cc1. The van der Waals surface area contributed by atoms with E-state index in [-0.39, 0.29) is 0 Å². The number of carbonyl (C=O) groups excluding carboxylic acids is 1. The highest BCUT2D eigenvalue weighted by Gasteiger charge is 2.29. The Hall–Kier alpha value is -1.75. The molecule has 0 radical (unpaired) electrons. The van der Waals surface area contributed by atoms with Crippen LogP contribution in [0.1, 0.15) is 20.3 Å². The highest BCUT2D eigenvalue weighted by atomic mass is 16.5. The lowest BCUT2D eigenvalue weighted by atomic mass is 10.0. The topological polar surface area (TPSA) is 70.8 Å². The third kappa shape index (κ3) is 4.79. The Morgan fingerprint density at radius 3 is 2.21 bits per heavy atom. The van der Waals surface area contributed by atoms with Gasteiger partial charge in [-0.3, -0.25) is 4.79 Å². The molecule has 106 valence electrons. The van der Waals surface area contributed by atoms with Crippen LogP contribution in [-0.4, -0.2) is 31.8 Å². The molecule has 0 saturated heterocycles. The highest BCUT2D eigenvalue weighted by molar-refractivity contribution is 5.79. The first-order chi connectivity index (χ1) is 8.99. The van der Waals surface area contributed by atoms with Crippen molar-refractivity contribution in [1.29, 1.82) is 0 Å². The van der Waals surface area contributed by atoms with Gasteiger partial charge in [0.1, 0.15) is 17.0 Å². The van der Waals surface area contributed by atoms with E-state index >= 15 is 0 Å². The third-order valence-electron chi connectivity index (χ3n) is 2.68. The van der Waals surface area contributed by atoms with Crippen molar-refractivity contribution in [3.63, 3.8) is 0 Å². The predicted molar refractivity (Wildman–Crippen MR) is 72.3 cm³/mol. The smallest absolute Gasteiger partial charge is 0.325 e. The van der Waals surface area contributed by atoms with Crippen LogP contribution in [0.2, 0.25) is 0 Å². The lowest BCUT2D eigenvalue weighted by Gasteiger charge is -2.21. The van der Waals surface area contributed by atoms with E-state index in [9.17, 15) is 4.79 Å². The van der Waals surface area contributed by atoms with Crippen LogP contribution in [0.4, 0.5) is 0 Å². The van der Waals surface area contributed by atoms with E-state index in [2.05, 4.69) is 4.74 Å². The fourth-order valence-corrected chi connectivity index (χ4v) is 1.51. The molecular weight excluding hydrogens is 246 g/mol. The van der Waals surface area contributed by atoms with Gasteiger partial charge in [0.2, 0.25) is 0 Å². The number of hydrogen-bond donors (Lipinski definition) is 1. The van der Waals surface area contributed by atoms with Crippen LogP contribution in [0.3, 0.4) is 0 Å². The quantitative estimate of drug-likeness (QED) is 0.762. The van der Waals surface area contributed by atoms with E-state index in [0.29, 0.717) is 25.4 Å². The summed E-state index contributed by atoms with van der Waals surface area (Å²) in [5.74, 6) is 1.07. The van der Waals surface area contributed by atoms with Gasteiger partial charge in [-0.15, -0.1) is 0 Å². The zero-order valence-corrected chi connectivity index (χ0v) is 11.6. The standard InChI is InChI=1S/C14H21NO4/c1-4-18-11-5-7-12(8-6-11)19-10-9-14(2,15)13(16)17-3/h5-8H,4,9-10,15H2,1-3H3. The van der Waals surface area contributed by atoms with Crippen LogP contribution in [0, 0.1) is 0 Å². The van der Waals surface area contributed by atoms with Crippen LogP contribution >= 0.6 is 0 Å². The van der Waals surface area contributed by atoms with Gasteiger partial charge in [-0.1, -0.05) is 0 Å². The maximum Gasteiger partial charge on any atom is 0.325 e. The van der Waals surface area contributed by atoms with Crippen molar-refractivity contribution in [2.75, 3.05) is 20.3 Å². The summed E-state index contributed by atoms with van der Waals surface area (Å²) in [6, 6.07) is 7.30. The van der Waals surface area contributed by atoms with Crippen molar-refractivity contribution < 1.29 is 19.0 Å². The molecule has 0 aliphatic rings. The number of ether oxygens (including phenoxy) is 3. The molecule has 0 heterocycles. The Morgan fingerprint density at radius 2 is 1.74 bits per heavy atom. The minimum absolute atomic E-state index is 0.343. The minimum atomic E-state index is -1.03. The molecule has 0 saturated carbocycles. The Kier molecular flexibility index (Phi) is 5.63. The molecule has 19 heavy (non-hydrogen) atoms. The lowest BCUT2D eigenvalue weighted by molar-refractivity contribution is -0.146. The molecule has 1 unspecified atom stereocenters. The van der Waals surface area contributed by atoms with Gasteiger partial charge >= 0.3 is 5.97 Å². The molecule has 1 atom stereocenters. The maximum absolute atomic E-state index is 11.4. The van der Waals surface area contributed by atoms with E-state index in [1.807, 2.05) is 31.2 Å². The first-order valence-electron chi connectivity index (χ1n) is 6.22. The molecule has 0 spiro atoms. The van der Waals surface area contributed by atoms with Crippen LogP contribution < -0.4 is 15.2 Å². The molecule has 0 aliphatic heterocycles. The van der Waals surface area contributed by atoms with Gasteiger partial charge in [0.15, 0.2) is 0 Å². The van der Waals surface area contributed by atoms with Gasteiger partial charge < -0.3 is 19.9 Å². The van der Waals surface area contributed by atoms with E-state index < -0.39 is 11.5 Å². The van der Waals surface area contributed by atoms with Crippen molar-refractivity contribution in [1.82, 2.24) is 0 Å². The summed E-state index contributed by atoms with van der Waals surface area (Å²) in [5, 5.41) is 0. The number of carbonyl (C=O) groups is 1. The largest absolute Gasteiger partial charge is 0.494 e. The van der Waals surface area contributed by atoms with Crippen molar-refractivity contribution in [3.05, 3.63) is 24.3 Å². The molecule has 0 amide bonds. The summed E-state index contributed by atoms with van der Waals surface area (Å²) >= 11 is 0. The first kappa shape index (κ1) is 15.3. The van der Waals surface area contributed by atoms with Gasteiger partial charge in [0, 0.05) is 6.42 Å². The van der Waals surface area contributed by atoms with Crippen LogP contribution in [0.15, 0.2) is 24.3 Å². The predicted octanol–water partition coefficient (Wildman–Crippen LogP) is 1.74. The summed E-state index contributed by atoms with van der Waals surface area (Å²) in [5.41, 5.74) is 4.80. The third-order valence-corrected chi connectivity index (χ3v) is 2.68. The molecule has 0 aromatic heterocycles. The van der Waals surface area contributed by atoms with Crippen LogP contribution in [0.25, 0.3) is 0 Å². The van der Waals surface area contributed by atoms with E-state index in [1.54, 1.807) is 6.92 Å². The molecule has 1 aromatic rings. The van der Waals surface area contributed by atoms with Crippen molar-refractivity contribution in [2.24, 2.45) is 5.73 Å². The first-order valence-corrected chi connectivity index (χ1v) is 6.22. The average Bonchev–Trinajstić information content (AvgIpc) is 2.40. The lowest BCUT2D eigenvalue weighted by Crippen LogP contribution is -2.46. The van der Waals surface area contributed by atoms with Gasteiger partial charge in [-0.2, -0.15) is 0 Å². The number of esters is 1. The maximum atomic E-state index is 11.4. The molecule has 0 aliphatic carbocycles. The average molecular weight is 267 g/mol. The zero-order valence-electron chi connectivity index (χ0n) is 11.6. The van der Waals surface area contributed by atoms with Gasteiger partial charge in [-0.05, 0) is 38.1 Å². The second-order valence-electron chi connectivity index (χ2n) is 4.41. The van der Waals surface area contributed by atoms with Gasteiger partial charge in [-0.25, -0.2) is 0 Å². The molecule has 1 aromatic carbocycles. The summed E-state index contributed by atoms with van der Waals surface area (Å²) in [6.07, 6.45) is 0.382. The zero-order chi connectivity index (χ0) is 14.3. The fraction of sp³-hybridized carbons (Fsp3) is 0.500. The Balaban J connectivity index is 2.42. The Bertz CT molecular complexity index is 400. The summed E-state index contributed by atoms with van der Waals surface area (Å²) in [4.78, 5) is 11.4. The van der Waals surface area contributed by atoms with Crippen molar-refractivity contribution in [2.45, 2.75) is 25.8 Å². The molecule has 5 heteroatoms.